The highest BCUT2D eigenvalue weighted by atomic mass is 19.1. The first-order valence-electron chi connectivity index (χ1n) is 5.99. The van der Waals surface area contributed by atoms with Crippen LogP contribution < -0.4 is 5.32 Å². The summed E-state index contributed by atoms with van der Waals surface area (Å²) in [5, 5.41) is 12.0. The van der Waals surface area contributed by atoms with Gasteiger partial charge in [0, 0.05) is 5.69 Å². The Balaban J connectivity index is 2.32. The van der Waals surface area contributed by atoms with E-state index in [1.165, 1.54) is 11.6 Å². The predicted octanol–water partition coefficient (Wildman–Crippen LogP) is 3.83. The van der Waals surface area contributed by atoms with Crippen molar-refractivity contribution in [3.05, 3.63) is 59.4 Å². The SMILES string of the molecule is CCc1ccc(Nc2cccc(F)c2C(=O)O)cc1. The summed E-state index contributed by atoms with van der Waals surface area (Å²) in [6.07, 6.45) is 0.931. The number of benzene rings is 2. The van der Waals surface area contributed by atoms with Gasteiger partial charge in [-0.3, -0.25) is 0 Å². The molecular weight excluding hydrogens is 245 g/mol. The van der Waals surface area contributed by atoms with Crippen molar-refractivity contribution in [1.82, 2.24) is 0 Å². The van der Waals surface area contributed by atoms with Crippen molar-refractivity contribution in [2.45, 2.75) is 13.3 Å². The van der Waals surface area contributed by atoms with Crippen LogP contribution in [-0.4, -0.2) is 11.1 Å². The van der Waals surface area contributed by atoms with Crippen molar-refractivity contribution in [2.75, 3.05) is 5.32 Å². The molecule has 0 radical (unpaired) electrons. The Bertz CT molecular complexity index is 594. The molecule has 4 heteroatoms. The fourth-order valence-corrected chi connectivity index (χ4v) is 1.82. The largest absolute Gasteiger partial charge is 0.478 e. The number of carbonyl (C=O) groups is 1. The molecular formula is C15H14FNO2. The number of anilines is 2. The molecule has 0 unspecified atom stereocenters. The lowest BCUT2D eigenvalue weighted by atomic mass is 10.1. The molecule has 0 amide bonds. The molecule has 3 nitrogen and oxygen atoms in total. The van der Waals surface area contributed by atoms with Gasteiger partial charge in [0.2, 0.25) is 0 Å². The van der Waals surface area contributed by atoms with Gasteiger partial charge in [0.05, 0.1) is 5.69 Å². The predicted molar refractivity (Wildman–Crippen MR) is 72.5 cm³/mol. The van der Waals surface area contributed by atoms with E-state index in [9.17, 15) is 9.18 Å². The summed E-state index contributed by atoms with van der Waals surface area (Å²) in [6, 6.07) is 11.7. The molecule has 0 saturated carbocycles. The van der Waals surface area contributed by atoms with Crippen molar-refractivity contribution < 1.29 is 14.3 Å². The van der Waals surface area contributed by atoms with Crippen LogP contribution in [-0.2, 0) is 6.42 Å². The number of halogens is 1. The van der Waals surface area contributed by atoms with Crippen LogP contribution in [0.1, 0.15) is 22.8 Å². The molecule has 0 fully saturated rings. The maximum Gasteiger partial charge on any atom is 0.340 e. The highest BCUT2D eigenvalue weighted by Crippen LogP contribution is 2.23. The highest BCUT2D eigenvalue weighted by molar-refractivity contribution is 5.95. The first-order chi connectivity index (χ1) is 9.11. The van der Waals surface area contributed by atoms with Gasteiger partial charge in [-0.05, 0) is 36.2 Å². The lowest BCUT2D eigenvalue weighted by Crippen LogP contribution is -2.05. The fourth-order valence-electron chi connectivity index (χ4n) is 1.82. The summed E-state index contributed by atoms with van der Waals surface area (Å²) >= 11 is 0. The van der Waals surface area contributed by atoms with Gasteiger partial charge in [-0.2, -0.15) is 0 Å². The fraction of sp³-hybridized carbons (Fsp3) is 0.133. The maximum absolute atomic E-state index is 13.5. The molecule has 0 atom stereocenters. The number of carboxylic acid groups (broad SMARTS) is 1. The van der Waals surface area contributed by atoms with Crippen LogP contribution in [0.15, 0.2) is 42.5 Å². The summed E-state index contributed by atoms with van der Waals surface area (Å²) in [6.45, 7) is 2.05. The van der Waals surface area contributed by atoms with Gasteiger partial charge in [-0.15, -0.1) is 0 Å². The minimum atomic E-state index is -1.29. The van der Waals surface area contributed by atoms with E-state index in [2.05, 4.69) is 12.2 Å². The summed E-state index contributed by atoms with van der Waals surface area (Å²) in [5.41, 5.74) is 1.81. The van der Waals surface area contributed by atoms with Crippen LogP contribution in [0.5, 0.6) is 0 Å². The Morgan fingerprint density at radius 1 is 1.21 bits per heavy atom. The highest BCUT2D eigenvalue weighted by Gasteiger charge is 2.15. The topological polar surface area (TPSA) is 49.3 Å². The van der Waals surface area contributed by atoms with Crippen molar-refractivity contribution in [2.24, 2.45) is 0 Å². The number of hydrogen-bond acceptors (Lipinski definition) is 2. The molecule has 19 heavy (non-hydrogen) atoms. The molecule has 2 aromatic carbocycles. The number of aromatic carboxylic acids is 1. The van der Waals surface area contributed by atoms with E-state index in [0.29, 0.717) is 0 Å². The van der Waals surface area contributed by atoms with E-state index in [1.807, 2.05) is 24.3 Å². The quantitative estimate of drug-likeness (QED) is 0.877. The minimum Gasteiger partial charge on any atom is -0.478 e. The monoisotopic (exact) mass is 259 g/mol. The zero-order valence-corrected chi connectivity index (χ0v) is 10.5. The minimum absolute atomic E-state index is 0.247. The number of nitrogens with one attached hydrogen (secondary N) is 1. The molecule has 98 valence electrons. The molecule has 2 rings (SSSR count). The van der Waals surface area contributed by atoms with E-state index in [1.54, 1.807) is 6.07 Å². The lowest BCUT2D eigenvalue weighted by Gasteiger charge is -2.10. The lowest BCUT2D eigenvalue weighted by molar-refractivity contribution is 0.0693. The smallest absolute Gasteiger partial charge is 0.340 e. The Kier molecular flexibility index (Phi) is 3.80. The standard InChI is InChI=1S/C15H14FNO2/c1-2-10-6-8-11(9-7-10)17-13-5-3-4-12(16)14(13)15(18)19/h3-9,17H,2H2,1H3,(H,18,19). The second-order valence-corrected chi connectivity index (χ2v) is 4.14. The summed E-state index contributed by atoms with van der Waals surface area (Å²) < 4.78 is 13.5. The van der Waals surface area contributed by atoms with E-state index in [-0.39, 0.29) is 11.3 Å². The van der Waals surface area contributed by atoms with Crippen LogP contribution in [0.2, 0.25) is 0 Å². The molecule has 0 spiro atoms. The van der Waals surface area contributed by atoms with Crippen molar-refractivity contribution >= 4 is 17.3 Å². The number of hydrogen-bond donors (Lipinski definition) is 2. The van der Waals surface area contributed by atoms with Crippen LogP contribution in [0.4, 0.5) is 15.8 Å². The Hall–Kier alpha value is -2.36. The third kappa shape index (κ3) is 2.91. The van der Waals surface area contributed by atoms with Gasteiger partial charge in [0.25, 0.3) is 0 Å². The number of aryl methyl sites for hydroxylation is 1. The number of rotatable bonds is 4. The number of carboxylic acids is 1. The zero-order chi connectivity index (χ0) is 13.8. The van der Waals surface area contributed by atoms with Crippen LogP contribution >= 0.6 is 0 Å². The van der Waals surface area contributed by atoms with Crippen LogP contribution in [0, 0.1) is 5.82 Å². The second-order valence-electron chi connectivity index (χ2n) is 4.14. The average Bonchev–Trinajstić information content (AvgIpc) is 2.39. The maximum atomic E-state index is 13.5. The molecule has 0 aromatic heterocycles. The Labute approximate surface area is 110 Å². The third-order valence-corrected chi connectivity index (χ3v) is 2.87. The van der Waals surface area contributed by atoms with Gasteiger partial charge in [-0.1, -0.05) is 25.1 Å². The third-order valence-electron chi connectivity index (χ3n) is 2.87. The molecule has 0 bridgehead atoms. The van der Waals surface area contributed by atoms with Crippen molar-refractivity contribution in [3.8, 4) is 0 Å². The van der Waals surface area contributed by atoms with Gasteiger partial charge >= 0.3 is 5.97 Å². The first kappa shape index (κ1) is 13.1. The van der Waals surface area contributed by atoms with E-state index >= 15 is 0 Å². The van der Waals surface area contributed by atoms with Gasteiger partial charge < -0.3 is 10.4 Å². The normalized spacial score (nSPS) is 10.2. The Morgan fingerprint density at radius 2 is 1.89 bits per heavy atom. The van der Waals surface area contributed by atoms with Gasteiger partial charge in [-0.25, -0.2) is 9.18 Å². The van der Waals surface area contributed by atoms with Crippen LogP contribution in [0.25, 0.3) is 0 Å². The molecule has 0 aliphatic carbocycles. The second kappa shape index (κ2) is 5.52. The average molecular weight is 259 g/mol. The summed E-state index contributed by atoms with van der Waals surface area (Å²) in [5.74, 6) is -2.03. The Morgan fingerprint density at radius 3 is 2.47 bits per heavy atom. The molecule has 2 aromatic rings. The first-order valence-corrected chi connectivity index (χ1v) is 5.99. The zero-order valence-electron chi connectivity index (χ0n) is 10.5. The molecule has 0 heterocycles. The van der Waals surface area contributed by atoms with Crippen LogP contribution in [0.3, 0.4) is 0 Å². The van der Waals surface area contributed by atoms with Gasteiger partial charge in [0.1, 0.15) is 11.4 Å². The molecule has 0 saturated heterocycles. The van der Waals surface area contributed by atoms with Crippen molar-refractivity contribution in [3.63, 3.8) is 0 Å². The molecule has 0 aliphatic rings. The molecule has 2 N–H and O–H groups in total. The van der Waals surface area contributed by atoms with E-state index in [0.717, 1.165) is 18.2 Å². The molecule has 0 aliphatic heterocycles. The van der Waals surface area contributed by atoms with E-state index < -0.39 is 11.8 Å². The van der Waals surface area contributed by atoms with E-state index in [4.69, 9.17) is 5.11 Å². The summed E-state index contributed by atoms with van der Waals surface area (Å²) in [4.78, 5) is 11.1. The van der Waals surface area contributed by atoms with Crippen molar-refractivity contribution in [1.29, 1.82) is 0 Å². The summed E-state index contributed by atoms with van der Waals surface area (Å²) in [7, 11) is 0. The van der Waals surface area contributed by atoms with Gasteiger partial charge in [0.15, 0.2) is 0 Å².